The number of hydrogen-bond donors (Lipinski definition) is 1. The van der Waals surface area contributed by atoms with Gasteiger partial charge in [0.05, 0.1) is 24.0 Å². The van der Waals surface area contributed by atoms with E-state index in [9.17, 15) is 13.2 Å². The fourth-order valence-corrected chi connectivity index (χ4v) is 3.25. The minimum atomic E-state index is -3.13. The van der Waals surface area contributed by atoms with E-state index in [1.807, 2.05) is 0 Å². The van der Waals surface area contributed by atoms with Crippen LogP contribution < -0.4 is 5.73 Å². The van der Waals surface area contributed by atoms with Crippen LogP contribution in [0.5, 0.6) is 0 Å². The van der Waals surface area contributed by atoms with E-state index < -0.39 is 27.8 Å². The highest BCUT2D eigenvalue weighted by atomic mass is 32.2. The number of esters is 1. The summed E-state index contributed by atoms with van der Waals surface area (Å²) < 4.78 is 26.9. The van der Waals surface area contributed by atoms with Crippen molar-refractivity contribution in [2.45, 2.75) is 13.0 Å². The fraction of sp³-hybridized carbons (Fsp3) is 0.857. The maximum Gasteiger partial charge on any atom is 0.311 e. The second kappa shape index (κ2) is 3.63. The molecule has 1 aliphatic rings. The van der Waals surface area contributed by atoms with E-state index in [1.165, 1.54) is 0 Å². The molecule has 0 aromatic heterocycles. The first-order valence-corrected chi connectivity index (χ1v) is 5.91. The monoisotopic (exact) mass is 207 g/mol. The highest BCUT2D eigenvalue weighted by Crippen LogP contribution is 2.18. The third kappa shape index (κ3) is 2.41. The fourth-order valence-electron chi connectivity index (χ4n) is 1.37. The van der Waals surface area contributed by atoms with Gasteiger partial charge in [-0.2, -0.15) is 0 Å². The van der Waals surface area contributed by atoms with Gasteiger partial charge in [-0.05, 0) is 6.92 Å². The molecule has 13 heavy (non-hydrogen) atoms. The van der Waals surface area contributed by atoms with E-state index >= 15 is 0 Å². The molecule has 0 amide bonds. The van der Waals surface area contributed by atoms with E-state index in [0.29, 0.717) is 0 Å². The molecule has 76 valence electrons. The summed E-state index contributed by atoms with van der Waals surface area (Å²) in [6, 6.07) is -0.607. The second-order valence-electron chi connectivity index (χ2n) is 3.10. The average molecular weight is 207 g/mol. The lowest BCUT2D eigenvalue weighted by molar-refractivity contribution is -0.147. The van der Waals surface area contributed by atoms with Crippen LogP contribution in [0.3, 0.4) is 0 Å². The quantitative estimate of drug-likeness (QED) is 0.582. The predicted octanol–water partition coefficient (Wildman–Crippen LogP) is -1.08. The normalized spacial score (nSPS) is 31.5. The molecule has 1 fully saturated rings. The standard InChI is InChI=1S/C7H13NO4S/c1-2-12-7(9)5-3-13(10,11)4-6(5)8/h5-6H,2-4,8H2,1H3/t5-,6-/m1/s1. The molecule has 1 heterocycles. The molecule has 6 heteroatoms. The molecule has 0 spiro atoms. The number of rotatable bonds is 2. The molecular weight excluding hydrogens is 194 g/mol. The van der Waals surface area contributed by atoms with Gasteiger partial charge in [-0.15, -0.1) is 0 Å². The molecule has 2 atom stereocenters. The summed E-state index contributed by atoms with van der Waals surface area (Å²) >= 11 is 0. The summed E-state index contributed by atoms with van der Waals surface area (Å²) in [5.74, 6) is -1.47. The highest BCUT2D eigenvalue weighted by molar-refractivity contribution is 7.91. The van der Waals surface area contributed by atoms with E-state index in [-0.39, 0.29) is 18.1 Å². The maximum atomic E-state index is 11.2. The Balaban J connectivity index is 2.68. The molecule has 1 saturated heterocycles. The summed E-state index contributed by atoms with van der Waals surface area (Å²) in [5.41, 5.74) is 5.51. The Bertz CT molecular complexity index is 298. The molecular formula is C7H13NO4S. The van der Waals surface area contributed by atoms with Crippen LogP contribution in [0.4, 0.5) is 0 Å². The average Bonchev–Trinajstić information content (AvgIpc) is 2.25. The minimum Gasteiger partial charge on any atom is -0.466 e. The smallest absolute Gasteiger partial charge is 0.311 e. The van der Waals surface area contributed by atoms with Crippen molar-refractivity contribution in [1.29, 1.82) is 0 Å². The molecule has 0 aliphatic carbocycles. The Morgan fingerprint density at radius 1 is 1.54 bits per heavy atom. The molecule has 5 nitrogen and oxygen atoms in total. The highest BCUT2D eigenvalue weighted by Gasteiger charge is 2.40. The Morgan fingerprint density at radius 2 is 2.15 bits per heavy atom. The van der Waals surface area contributed by atoms with Crippen molar-refractivity contribution >= 4 is 15.8 Å². The third-order valence-corrected chi connectivity index (χ3v) is 3.75. The van der Waals surface area contributed by atoms with Crippen molar-refractivity contribution in [3.63, 3.8) is 0 Å². The largest absolute Gasteiger partial charge is 0.466 e. The van der Waals surface area contributed by atoms with Gasteiger partial charge < -0.3 is 10.5 Å². The van der Waals surface area contributed by atoms with Gasteiger partial charge in [0, 0.05) is 6.04 Å². The number of sulfone groups is 1. The van der Waals surface area contributed by atoms with Crippen LogP contribution in [0.15, 0.2) is 0 Å². The molecule has 1 aliphatic heterocycles. The summed E-state index contributed by atoms with van der Waals surface area (Å²) in [6.07, 6.45) is 0. The van der Waals surface area contributed by atoms with Gasteiger partial charge in [-0.3, -0.25) is 4.79 Å². The number of carbonyl (C=O) groups is 1. The van der Waals surface area contributed by atoms with E-state index in [1.54, 1.807) is 6.92 Å². The summed E-state index contributed by atoms with van der Waals surface area (Å²) in [7, 11) is -3.13. The lowest BCUT2D eigenvalue weighted by Gasteiger charge is -2.10. The first-order valence-electron chi connectivity index (χ1n) is 4.09. The van der Waals surface area contributed by atoms with Gasteiger partial charge in [-0.1, -0.05) is 0 Å². The Morgan fingerprint density at radius 3 is 2.54 bits per heavy atom. The molecule has 1 rings (SSSR count). The topological polar surface area (TPSA) is 86.5 Å². The number of carbonyl (C=O) groups excluding carboxylic acids is 1. The van der Waals surface area contributed by atoms with Gasteiger partial charge in [0.1, 0.15) is 0 Å². The summed E-state index contributed by atoms with van der Waals surface area (Å²) in [6.45, 7) is 1.93. The van der Waals surface area contributed by atoms with Crippen molar-refractivity contribution < 1.29 is 17.9 Å². The van der Waals surface area contributed by atoms with Gasteiger partial charge in [0.2, 0.25) is 0 Å². The first-order chi connectivity index (χ1) is 5.96. The number of ether oxygens (including phenoxy) is 1. The zero-order valence-electron chi connectivity index (χ0n) is 7.39. The number of nitrogens with two attached hydrogens (primary N) is 1. The first kappa shape index (κ1) is 10.5. The van der Waals surface area contributed by atoms with Gasteiger partial charge in [0.25, 0.3) is 0 Å². The van der Waals surface area contributed by atoms with Crippen molar-refractivity contribution in [2.75, 3.05) is 18.1 Å². The number of hydrogen-bond acceptors (Lipinski definition) is 5. The molecule has 0 saturated carbocycles. The molecule has 0 aromatic rings. The van der Waals surface area contributed by atoms with Crippen LogP contribution in [0, 0.1) is 5.92 Å². The van der Waals surface area contributed by atoms with Gasteiger partial charge in [0.15, 0.2) is 9.84 Å². The molecule has 2 N–H and O–H groups in total. The minimum absolute atomic E-state index is 0.115. The van der Waals surface area contributed by atoms with Crippen molar-refractivity contribution in [1.82, 2.24) is 0 Å². The van der Waals surface area contributed by atoms with Crippen LogP contribution in [-0.2, 0) is 19.4 Å². The summed E-state index contributed by atoms with van der Waals surface area (Å²) in [5, 5.41) is 0. The van der Waals surface area contributed by atoms with Crippen molar-refractivity contribution in [3.05, 3.63) is 0 Å². The van der Waals surface area contributed by atoms with Crippen LogP contribution in [0.25, 0.3) is 0 Å². The van der Waals surface area contributed by atoms with E-state index in [0.717, 1.165) is 0 Å². The van der Waals surface area contributed by atoms with E-state index in [2.05, 4.69) is 0 Å². The molecule has 0 bridgehead atoms. The predicted molar refractivity (Wildman–Crippen MR) is 46.8 cm³/mol. The van der Waals surface area contributed by atoms with Crippen molar-refractivity contribution in [3.8, 4) is 0 Å². The lowest BCUT2D eigenvalue weighted by Crippen LogP contribution is -2.35. The van der Waals surface area contributed by atoms with Crippen LogP contribution in [0.1, 0.15) is 6.92 Å². The molecule has 0 aromatic carbocycles. The Hall–Kier alpha value is -0.620. The summed E-state index contributed by atoms with van der Waals surface area (Å²) in [4.78, 5) is 11.2. The molecule has 0 unspecified atom stereocenters. The lowest BCUT2D eigenvalue weighted by atomic mass is 10.1. The second-order valence-corrected chi connectivity index (χ2v) is 5.25. The zero-order chi connectivity index (χ0) is 10.1. The maximum absolute atomic E-state index is 11.2. The Labute approximate surface area is 77.2 Å². The Kier molecular flexibility index (Phi) is 2.92. The van der Waals surface area contributed by atoms with E-state index in [4.69, 9.17) is 10.5 Å². The third-order valence-electron chi connectivity index (χ3n) is 1.99. The van der Waals surface area contributed by atoms with Gasteiger partial charge in [-0.25, -0.2) is 8.42 Å². The van der Waals surface area contributed by atoms with Crippen LogP contribution in [-0.4, -0.2) is 38.5 Å². The van der Waals surface area contributed by atoms with Crippen LogP contribution >= 0.6 is 0 Å². The van der Waals surface area contributed by atoms with Crippen molar-refractivity contribution in [2.24, 2.45) is 11.7 Å². The zero-order valence-corrected chi connectivity index (χ0v) is 8.21. The SMILES string of the molecule is CCOC(=O)[C@@H]1CS(=O)(=O)C[C@H]1N. The van der Waals surface area contributed by atoms with Crippen LogP contribution in [0.2, 0.25) is 0 Å². The van der Waals surface area contributed by atoms with Gasteiger partial charge >= 0.3 is 5.97 Å². The molecule has 0 radical (unpaired) electrons.